The van der Waals surface area contributed by atoms with E-state index in [1.165, 1.54) is 0 Å². The number of ether oxygens (including phenoxy) is 2. The fourth-order valence-corrected chi connectivity index (χ4v) is 2.40. The molecule has 0 aromatic heterocycles. The molecule has 1 atom stereocenters. The molecule has 0 saturated carbocycles. The molecular formula is C14H16N2O4. The summed E-state index contributed by atoms with van der Waals surface area (Å²) in [5, 5.41) is 5.53. The lowest BCUT2D eigenvalue weighted by molar-refractivity contribution is -0.118. The third-order valence-corrected chi connectivity index (χ3v) is 3.40. The molecule has 2 heterocycles. The maximum Gasteiger partial charge on any atom is 0.262 e. The van der Waals surface area contributed by atoms with Crippen LogP contribution in [0.3, 0.4) is 0 Å². The van der Waals surface area contributed by atoms with E-state index in [1.54, 1.807) is 18.2 Å². The largest absolute Gasteiger partial charge is 0.481 e. The molecule has 2 aliphatic rings. The second-order valence-electron chi connectivity index (χ2n) is 4.86. The van der Waals surface area contributed by atoms with Crippen LogP contribution in [0.15, 0.2) is 18.2 Å². The molecule has 2 aliphatic heterocycles. The first-order chi connectivity index (χ1) is 9.74. The van der Waals surface area contributed by atoms with Crippen LogP contribution in [0.5, 0.6) is 5.75 Å². The predicted molar refractivity (Wildman–Crippen MR) is 71.9 cm³/mol. The van der Waals surface area contributed by atoms with Crippen molar-refractivity contribution in [2.75, 3.05) is 25.1 Å². The standard InChI is InChI=1S/C14H16N2O4/c17-12-8-20-13-10(4-1-5-11(13)16-12)14(18)15-7-9-3-2-6-19-9/h1,4-5,9H,2-3,6-8H2,(H,15,18)(H,16,17). The van der Waals surface area contributed by atoms with Gasteiger partial charge in [-0.05, 0) is 25.0 Å². The average molecular weight is 276 g/mol. The number of hydrogen-bond acceptors (Lipinski definition) is 4. The first-order valence-corrected chi connectivity index (χ1v) is 6.69. The van der Waals surface area contributed by atoms with Gasteiger partial charge >= 0.3 is 0 Å². The molecule has 2 N–H and O–H groups in total. The van der Waals surface area contributed by atoms with E-state index in [-0.39, 0.29) is 24.5 Å². The molecule has 1 saturated heterocycles. The Kier molecular flexibility index (Phi) is 3.56. The van der Waals surface area contributed by atoms with Crippen molar-refractivity contribution in [3.05, 3.63) is 23.8 Å². The SMILES string of the molecule is O=C1COc2c(cccc2C(=O)NCC2CCCO2)N1. The summed E-state index contributed by atoms with van der Waals surface area (Å²) in [5.41, 5.74) is 0.964. The van der Waals surface area contributed by atoms with Crippen molar-refractivity contribution in [2.45, 2.75) is 18.9 Å². The Balaban J connectivity index is 1.71. The van der Waals surface area contributed by atoms with Gasteiger partial charge in [-0.3, -0.25) is 9.59 Å². The van der Waals surface area contributed by atoms with Crippen molar-refractivity contribution in [3.8, 4) is 5.75 Å². The molecule has 106 valence electrons. The average Bonchev–Trinajstić information content (AvgIpc) is 2.97. The van der Waals surface area contributed by atoms with Crippen LogP contribution in [0.2, 0.25) is 0 Å². The maximum atomic E-state index is 12.2. The van der Waals surface area contributed by atoms with Crippen LogP contribution in [0, 0.1) is 0 Å². The van der Waals surface area contributed by atoms with Gasteiger partial charge in [0.1, 0.15) is 0 Å². The van der Waals surface area contributed by atoms with Gasteiger partial charge in [-0.25, -0.2) is 0 Å². The first kappa shape index (κ1) is 12.9. The van der Waals surface area contributed by atoms with Crippen molar-refractivity contribution in [3.63, 3.8) is 0 Å². The highest BCUT2D eigenvalue weighted by atomic mass is 16.5. The van der Waals surface area contributed by atoms with Gasteiger partial charge < -0.3 is 20.1 Å². The van der Waals surface area contributed by atoms with Crippen molar-refractivity contribution in [1.29, 1.82) is 0 Å². The van der Waals surface area contributed by atoms with E-state index < -0.39 is 0 Å². The fraction of sp³-hybridized carbons (Fsp3) is 0.429. The van der Waals surface area contributed by atoms with Crippen molar-refractivity contribution >= 4 is 17.5 Å². The normalized spacial score (nSPS) is 20.8. The molecule has 1 aromatic carbocycles. The van der Waals surface area contributed by atoms with E-state index in [0.29, 0.717) is 23.5 Å². The highest BCUT2D eigenvalue weighted by Gasteiger charge is 2.23. The van der Waals surface area contributed by atoms with Crippen LogP contribution in [-0.2, 0) is 9.53 Å². The van der Waals surface area contributed by atoms with E-state index in [2.05, 4.69) is 10.6 Å². The number of amides is 2. The Labute approximate surface area is 116 Å². The number of hydrogen-bond donors (Lipinski definition) is 2. The summed E-state index contributed by atoms with van der Waals surface area (Å²) < 4.78 is 10.8. The smallest absolute Gasteiger partial charge is 0.262 e. The van der Waals surface area contributed by atoms with E-state index in [9.17, 15) is 9.59 Å². The maximum absolute atomic E-state index is 12.2. The summed E-state index contributed by atoms with van der Waals surface area (Å²) in [7, 11) is 0. The van der Waals surface area contributed by atoms with Crippen LogP contribution < -0.4 is 15.4 Å². The lowest BCUT2D eigenvalue weighted by Gasteiger charge is -2.20. The van der Waals surface area contributed by atoms with E-state index in [1.807, 2.05) is 0 Å². The Bertz CT molecular complexity index is 538. The van der Waals surface area contributed by atoms with Crippen molar-refractivity contribution < 1.29 is 19.1 Å². The van der Waals surface area contributed by atoms with Gasteiger partial charge in [0.15, 0.2) is 12.4 Å². The monoisotopic (exact) mass is 276 g/mol. The van der Waals surface area contributed by atoms with E-state index >= 15 is 0 Å². The summed E-state index contributed by atoms with van der Waals surface area (Å²) in [6.07, 6.45) is 2.11. The van der Waals surface area contributed by atoms with Gasteiger partial charge in [-0.2, -0.15) is 0 Å². The summed E-state index contributed by atoms with van der Waals surface area (Å²) >= 11 is 0. The second-order valence-corrected chi connectivity index (χ2v) is 4.86. The van der Waals surface area contributed by atoms with E-state index in [4.69, 9.17) is 9.47 Å². The molecular weight excluding hydrogens is 260 g/mol. The third kappa shape index (κ3) is 2.60. The zero-order valence-corrected chi connectivity index (χ0v) is 11.0. The van der Waals surface area contributed by atoms with E-state index in [0.717, 1.165) is 19.4 Å². The minimum absolute atomic E-state index is 0.0664. The molecule has 20 heavy (non-hydrogen) atoms. The predicted octanol–water partition coefficient (Wildman–Crippen LogP) is 0.926. The first-order valence-electron chi connectivity index (χ1n) is 6.69. The van der Waals surface area contributed by atoms with Crippen LogP contribution >= 0.6 is 0 Å². The minimum Gasteiger partial charge on any atom is -0.481 e. The highest BCUT2D eigenvalue weighted by Crippen LogP contribution is 2.31. The number of anilines is 1. The zero-order chi connectivity index (χ0) is 13.9. The number of carbonyl (C=O) groups excluding carboxylic acids is 2. The van der Waals surface area contributed by atoms with Gasteiger partial charge in [0.05, 0.1) is 17.4 Å². The second kappa shape index (κ2) is 5.50. The molecule has 0 radical (unpaired) electrons. The number of carbonyl (C=O) groups is 2. The number of fused-ring (bicyclic) bond motifs is 1. The molecule has 0 bridgehead atoms. The Morgan fingerprint density at radius 3 is 3.15 bits per heavy atom. The van der Waals surface area contributed by atoms with Gasteiger partial charge in [0.25, 0.3) is 11.8 Å². The fourth-order valence-electron chi connectivity index (χ4n) is 2.40. The third-order valence-electron chi connectivity index (χ3n) is 3.40. The summed E-state index contributed by atoms with van der Waals surface area (Å²) in [6, 6.07) is 5.11. The van der Waals surface area contributed by atoms with Crippen LogP contribution in [-0.4, -0.2) is 37.7 Å². The van der Waals surface area contributed by atoms with Crippen LogP contribution in [0.1, 0.15) is 23.2 Å². The topological polar surface area (TPSA) is 76.7 Å². The Hall–Kier alpha value is -2.08. The zero-order valence-electron chi connectivity index (χ0n) is 11.0. The quantitative estimate of drug-likeness (QED) is 0.861. The highest BCUT2D eigenvalue weighted by molar-refractivity contribution is 6.03. The number of rotatable bonds is 3. The number of nitrogens with one attached hydrogen (secondary N) is 2. The van der Waals surface area contributed by atoms with Gasteiger partial charge in [-0.1, -0.05) is 6.07 Å². The lowest BCUT2D eigenvalue weighted by atomic mass is 10.1. The molecule has 1 aromatic rings. The van der Waals surface area contributed by atoms with Gasteiger partial charge in [-0.15, -0.1) is 0 Å². The molecule has 2 amide bonds. The van der Waals surface area contributed by atoms with Gasteiger partial charge in [0.2, 0.25) is 0 Å². The molecule has 6 heteroatoms. The lowest BCUT2D eigenvalue weighted by Crippen LogP contribution is -2.33. The Morgan fingerprint density at radius 1 is 1.45 bits per heavy atom. The van der Waals surface area contributed by atoms with Crippen LogP contribution in [0.25, 0.3) is 0 Å². The number of para-hydroxylation sites is 1. The Morgan fingerprint density at radius 2 is 2.35 bits per heavy atom. The minimum atomic E-state index is -0.214. The van der Waals surface area contributed by atoms with Crippen molar-refractivity contribution in [2.24, 2.45) is 0 Å². The molecule has 0 spiro atoms. The number of benzene rings is 1. The van der Waals surface area contributed by atoms with Gasteiger partial charge in [0, 0.05) is 13.2 Å². The van der Waals surface area contributed by atoms with Crippen molar-refractivity contribution in [1.82, 2.24) is 5.32 Å². The molecule has 0 aliphatic carbocycles. The summed E-state index contributed by atoms with van der Waals surface area (Å²) in [5.74, 6) is -0.000136. The summed E-state index contributed by atoms with van der Waals surface area (Å²) in [4.78, 5) is 23.4. The summed E-state index contributed by atoms with van der Waals surface area (Å²) in [6.45, 7) is 1.19. The molecule has 6 nitrogen and oxygen atoms in total. The molecule has 3 rings (SSSR count). The van der Waals surface area contributed by atoms with Crippen LogP contribution in [0.4, 0.5) is 5.69 Å². The molecule has 1 fully saturated rings. The molecule has 1 unspecified atom stereocenters.